The third kappa shape index (κ3) is 5.72. The molecule has 0 heterocycles. The second-order valence-corrected chi connectivity index (χ2v) is 5.27. The van der Waals surface area contributed by atoms with Gasteiger partial charge in [-0.15, -0.1) is 0 Å². The molecule has 0 fully saturated rings. The second-order valence-electron chi connectivity index (χ2n) is 5.27. The zero-order valence-electron chi connectivity index (χ0n) is 12.9. The monoisotopic (exact) mass is 278 g/mol. The number of hydrogen-bond donors (Lipinski definition) is 2. The Bertz CT molecular complexity index is 401. The number of amides is 1. The molecular weight excluding hydrogens is 252 g/mol. The summed E-state index contributed by atoms with van der Waals surface area (Å²) in [6.45, 7) is 7.83. The van der Waals surface area contributed by atoms with Gasteiger partial charge in [0.2, 0.25) is 5.91 Å². The quantitative estimate of drug-likeness (QED) is 0.717. The predicted octanol–water partition coefficient (Wildman–Crippen LogP) is 2.22. The van der Waals surface area contributed by atoms with Gasteiger partial charge < -0.3 is 15.4 Å². The van der Waals surface area contributed by atoms with Gasteiger partial charge in [-0.25, -0.2) is 0 Å². The lowest BCUT2D eigenvalue weighted by atomic mass is 9.99. The molecule has 0 aliphatic heterocycles. The van der Waals surface area contributed by atoms with E-state index in [0.717, 1.165) is 0 Å². The van der Waals surface area contributed by atoms with Crippen molar-refractivity contribution in [2.75, 3.05) is 26.8 Å². The van der Waals surface area contributed by atoms with Crippen molar-refractivity contribution >= 4 is 5.91 Å². The Labute approximate surface area is 121 Å². The Morgan fingerprint density at radius 3 is 2.30 bits per heavy atom. The van der Waals surface area contributed by atoms with Crippen LogP contribution in [0.25, 0.3) is 0 Å². The molecule has 20 heavy (non-hydrogen) atoms. The number of hydrogen-bond acceptors (Lipinski definition) is 3. The maximum atomic E-state index is 11.6. The molecule has 112 valence electrons. The van der Waals surface area contributed by atoms with Crippen molar-refractivity contribution in [1.29, 1.82) is 0 Å². The minimum Gasteiger partial charge on any atom is -0.383 e. The molecule has 0 aliphatic rings. The van der Waals surface area contributed by atoms with Crippen molar-refractivity contribution in [3.05, 3.63) is 35.4 Å². The highest BCUT2D eigenvalue weighted by Crippen LogP contribution is 2.18. The van der Waals surface area contributed by atoms with Gasteiger partial charge in [-0.3, -0.25) is 4.79 Å². The summed E-state index contributed by atoms with van der Waals surface area (Å²) in [4.78, 5) is 11.6. The largest absolute Gasteiger partial charge is 0.383 e. The summed E-state index contributed by atoms with van der Waals surface area (Å²) < 4.78 is 4.88. The highest BCUT2D eigenvalue weighted by Gasteiger charge is 2.08. The van der Waals surface area contributed by atoms with Crippen LogP contribution in [-0.4, -0.2) is 32.7 Å². The summed E-state index contributed by atoms with van der Waals surface area (Å²) in [5.74, 6) is 0.534. The molecule has 0 aliphatic carbocycles. The van der Waals surface area contributed by atoms with Crippen LogP contribution in [0.3, 0.4) is 0 Å². The van der Waals surface area contributed by atoms with Crippen molar-refractivity contribution in [2.45, 2.75) is 32.7 Å². The topological polar surface area (TPSA) is 50.4 Å². The van der Waals surface area contributed by atoms with Crippen molar-refractivity contribution in [2.24, 2.45) is 0 Å². The summed E-state index contributed by atoms with van der Waals surface area (Å²) in [5.41, 5.74) is 2.53. The van der Waals surface area contributed by atoms with Crippen molar-refractivity contribution in [1.82, 2.24) is 10.6 Å². The maximum Gasteiger partial charge on any atom is 0.234 e. The standard InChI is InChI=1S/C16H26N2O2/c1-12(2)14-5-7-15(8-6-14)13(3)18-11-16(19)17-9-10-20-4/h5-8,12-13,18H,9-11H2,1-4H3,(H,17,19). The normalized spacial score (nSPS) is 12.4. The molecule has 4 heteroatoms. The van der Waals surface area contributed by atoms with Crippen LogP contribution in [0.4, 0.5) is 0 Å². The number of ether oxygens (including phenoxy) is 1. The van der Waals surface area contributed by atoms with E-state index in [4.69, 9.17) is 4.74 Å². The molecule has 1 unspecified atom stereocenters. The van der Waals surface area contributed by atoms with Gasteiger partial charge in [0.1, 0.15) is 0 Å². The number of methoxy groups -OCH3 is 1. The Morgan fingerprint density at radius 2 is 1.75 bits per heavy atom. The van der Waals surface area contributed by atoms with Gasteiger partial charge >= 0.3 is 0 Å². The molecule has 0 spiro atoms. The van der Waals surface area contributed by atoms with E-state index in [9.17, 15) is 4.79 Å². The fourth-order valence-electron chi connectivity index (χ4n) is 1.89. The van der Waals surface area contributed by atoms with Gasteiger partial charge in [0.05, 0.1) is 13.2 Å². The molecular formula is C16H26N2O2. The second kappa shape index (κ2) is 8.72. The van der Waals surface area contributed by atoms with Crippen molar-refractivity contribution in [3.8, 4) is 0 Å². The van der Waals surface area contributed by atoms with Crippen molar-refractivity contribution < 1.29 is 9.53 Å². The van der Waals surface area contributed by atoms with Crippen LogP contribution >= 0.6 is 0 Å². The first kappa shape index (κ1) is 16.7. The average molecular weight is 278 g/mol. The highest BCUT2D eigenvalue weighted by molar-refractivity contribution is 5.78. The Morgan fingerprint density at radius 1 is 1.15 bits per heavy atom. The van der Waals surface area contributed by atoms with Crippen molar-refractivity contribution in [3.63, 3.8) is 0 Å². The van der Waals surface area contributed by atoms with E-state index in [1.54, 1.807) is 7.11 Å². The molecule has 0 radical (unpaired) electrons. The van der Waals surface area contributed by atoms with Gasteiger partial charge in [-0.2, -0.15) is 0 Å². The molecule has 2 N–H and O–H groups in total. The van der Waals surface area contributed by atoms with Gasteiger partial charge in [0, 0.05) is 19.7 Å². The number of rotatable bonds is 8. The molecule has 0 saturated heterocycles. The summed E-state index contributed by atoms with van der Waals surface area (Å²) in [6.07, 6.45) is 0. The van der Waals surface area contributed by atoms with E-state index in [1.165, 1.54) is 11.1 Å². The van der Waals surface area contributed by atoms with Gasteiger partial charge in [0.15, 0.2) is 0 Å². The van der Waals surface area contributed by atoms with Crippen LogP contribution < -0.4 is 10.6 Å². The van der Waals surface area contributed by atoms with E-state index < -0.39 is 0 Å². The van der Waals surface area contributed by atoms with E-state index >= 15 is 0 Å². The molecule has 4 nitrogen and oxygen atoms in total. The van der Waals surface area contributed by atoms with Crippen LogP contribution in [0.15, 0.2) is 24.3 Å². The van der Waals surface area contributed by atoms with Crippen LogP contribution in [0.2, 0.25) is 0 Å². The third-order valence-corrected chi connectivity index (χ3v) is 3.30. The maximum absolute atomic E-state index is 11.6. The van der Waals surface area contributed by atoms with E-state index in [1.807, 2.05) is 0 Å². The van der Waals surface area contributed by atoms with E-state index in [0.29, 0.717) is 25.6 Å². The van der Waals surface area contributed by atoms with Gasteiger partial charge in [0.25, 0.3) is 0 Å². The summed E-state index contributed by atoms with van der Waals surface area (Å²) >= 11 is 0. The van der Waals surface area contributed by atoms with Crippen LogP contribution in [0.5, 0.6) is 0 Å². The summed E-state index contributed by atoms with van der Waals surface area (Å²) in [5, 5.41) is 6.01. The average Bonchev–Trinajstić information content (AvgIpc) is 2.45. The predicted molar refractivity (Wildman–Crippen MR) is 81.8 cm³/mol. The molecule has 1 rings (SSSR count). The smallest absolute Gasteiger partial charge is 0.234 e. The fourth-order valence-corrected chi connectivity index (χ4v) is 1.89. The molecule has 0 aromatic heterocycles. The first-order valence-corrected chi connectivity index (χ1v) is 7.13. The molecule has 1 aromatic rings. The van der Waals surface area contributed by atoms with Gasteiger partial charge in [-0.05, 0) is 24.0 Å². The minimum atomic E-state index is -0.00676. The SMILES string of the molecule is COCCNC(=O)CNC(C)c1ccc(C(C)C)cc1. The Balaban J connectivity index is 2.38. The summed E-state index contributed by atoms with van der Waals surface area (Å²) in [7, 11) is 1.62. The molecule has 0 bridgehead atoms. The molecule has 0 saturated carbocycles. The number of nitrogens with one attached hydrogen (secondary N) is 2. The molecule has 1 aromatic carbocycles. The first-order chi connectivity index (χ1) is 9.54. The fraction of sp³-hybridized carbons (Fsp3) is 0.562. The van der Waals surface area contributed by atoms with E-state index in [-0.39, 0.29) is 11.9 Å². The van der Waals surface area contributed by atoms with Crippen LogP contribution in [-0.2, 0) is 9.53 Å². The van der Waals surface area contributed by atoms with E-state index in [2.05, 4.69) is 55.7 Å². The van der Waals surface area contributed by atoms with Gasteiger partial charge in [-0.1, -0.05) is 38.1 Å². The molecule has 1 amide bonds. The van der Waals surface area contributed by atoms with Crippen LogP contribution in [0.1, 0.15) is 43.9 Å². The zero-order chi connectivity index (χ0) is 15.0. The number of benzene rings is 1. The first-order valence-electron chi connectivity index (χ1n) is 7.13. The zero-order valence-corrected chi connectivity index (χ0v) is 12.9. The number of carbonyl (C=O) groups excluding carboxylic acids is 1. The summed E-state index contributed by atoms with van der Waals surface area (Å²) in [6, 6.07) is 8.70. The highest BCUT2D eigenvalue weighted by atomic mass is 16.5. The third-order valence-electron chi connectivity index (χ3n) is 3.30. The van der Waals surface area contributed by atoms with Crippen LogP contribution in [0, 0.1) is 0 Å². The Kier molecular flexibility index (Phi) is 7.26. The molecule has 1 atom stereocenters. The lowest BCUT2D eigenvalue weighted by Gasteiger charge is -2.15. The minimum absolute atomic E-state index is 0.00676. The number of carbonyl (C=O) groups is 1. The Hall–Kier alpha value is -1.39. The lowest BCUT2D eigenvalue weighted by molar-refractivity contribution is -0.120. The lowest BCUT2D eigenvalue weighted by Crippen LogP contribution is -2.36.